The Bertz CT molecular complexity index is 2560. The summed E-state index contributed by atoms with van der Waals surface area (Å²) in [6.45, 7) is 0. The zero-order chi connectivity index (χ0) is 34.0. The van der Waals surface area contributed by atoms with Crippen LogP contribution in [0.25, 0.3) is 16.7 Å². The molecular weight excluding hydrogens is 629 g/mol. The maximum absolute atomic E-state index is 2.71. The van der Waals surface area contributed by atoms with Crippen molar-refractivity contribution in [3.8, 4) is 11.1 Å². The highest BCUT2D eigenvalue weighted by atomic mass is 15.7. The van der Waals surface area contributed by atoms with Gasteiger partial charge in [-0.05, 0) is 44.5 Å². The number of hydrogen-bond donors (Lipinski definition) is 0. The highest BCUT2D eigenvalue weighted by molar-refractivity contribution is 6.08. The molecule has 7 aromatic rings. The molecule has 0 spiro atoms. The second-order valence-corrected chi connectivity index (χ2v) is 14.8. The van der Waals surface area contributed by atoms with Crippen LogP contribution in [0, 0.1) is 5.92 Å². The number of allylic oxidation sites excluding steroid dienone is 2. The van der Waals surface area contributed by atoms with Gasteiger partial charge in [0, 0.05) is 22.6 Å². The van der Waals surface area contributed by atoms with E-state index < -0.39 is 10.8 Å². The zero-order valence-electron chi connectivity index (χ0n) is 28.5. The molecule has 1 aliphatic carbocycles. The SMILES string of the molecule is C1=CC2C3C(=C1)c1cccc4c1N1c5c(cccc5C4(c4ccccc4)c4ccccc4)-c4cccc(c4N31)C2(c1ccccc1)c1ccccc1. The third-order valence-corrected chi connectivity index (χ3v) is 12.7. The lowest BCUT2D eigenvalue weighted by atomic mass is 9.54. The molecule has 5 aliphatic rings. The van der Waals surface area contributed by atoms with Crippen molar-refractivity contribution in [1.29, 1.82) is 0 Å². The maximum atomic E-state index is 2.71. The first kappa shape index (κ1) is 28.3. The lowest BCUT2D eigenvalue weighted by Gasteiger charge is -2.64. The molecule has 0 N–H and O–H groups in total. The van der Waals surface area contributed by atoms with Gasteiger partial charge in [0.05, 0.1) is 33.9 Å². The van der Waals surface area contributed by atoms with Crippen LogP contribution in [0.5, 0.6) is 0 Å². The Morgan fingerprint density at radius 2 is 0.865 bits per heavy atom. The van der Waals surface area contributed by atoms with Crippen molar-refractivity contribution in [3.63, 3.8) is 0 Å². The molecule has 0 saturated carbocycles. The summed E-state index contributed by atoms with van der Waals surface area (Å²) < 4.78 is 0. The Morgan fingerprint density at radius 3 is 1.42 bits per heavy atom. The van der Waals surface area contributed by atoms with Crippen molar-refractivity contribution < 1.29 is 0 Å². The molecule has 0 bridgehead atoms. The number of rotatable bonds is 4. The summed E-state index contributed by atoms with van der Waals surface area (Å²) in [5.74, 6) is 0.125. The molecule has 12 rings (SSSR count). The maximum Gasteiger partial charge on any atom is 0.0844 e. The van der Waals surface area contributed by atoms with Gasteiger partial charge >= 0.3 is 0 Å². The topological polar surface area (TPSA) is 6.48 Å². The van der Waals surface area contributed by atoms with Crippen LogP contribution in [-0.2, 0) is 10.8 Å². The number of hydrogen-bond acceptors (Lipinski definition) is 2. The Morgan fingerprint density at radius 1 is 0.404 bits per heavy atom. The van der Waals surface area contributed by atoms with Gasteiger partial charge in [0.25, 0.3) is 0 Å². The number of hydrazine groups is 1. The predicted octanol–water partition coefficient (Wildman–Crippen LogP) is 11.2. The van der Waals surface area contributed by atoms with E-state index in [1.54, 1.807) is 0 Å². The van der Waals surface area contributed by atoms with E-state index in [0.29, 0.717) is 0 Å². The molecule has 0 saturated heterocycles. The third-order valence-electron chi connectivity index (χ3n) is 12.7. The Balaban J connectivity index is 1.29. The van der Waals surface area contributed by atoms with Crippen LogP contribution in [0.1, 0.15) is 44.5 Å². The van der Waals surface area contributed by atoms with E-state index in [0.717, 1.165) is 0 Å². The van der Waals surface area contributed by atoms with Gasteiger partial charge in [0.1, 0.15) is 0 Å². The smallest absolute Gasteiger partial charge is 0.0844 e. The average Bonchev–Trinajstić information content (AvgIpc) is 3.23. The van der Waals surface area contributed by atoms with Crippen LogP contribution in [-0.4, -0.2) is 6.04 Å². The van der Waals surface area contributed by atoms with Crippen molar-refractivity contribution in [2.75, 3.05) is 10.0 Å². The Kier molecular flexibility index (Phi) is 5.51. The van der Waals surface area contributed by atoms with Gasteiger partial charge in [0.15, 0.2) is 0 Å². The quantitative estimate of drug-likeness (QED) is 0.185. The lowest BCUT2D eigenvalue weighted by Crippen LogP contribution is -2.64. The van der Waals surface area contributed by atoms with Crippen molar-refractivity contribution in [2.24, 2.45) is 5.92 Å². The van der Waals surface area contributed by atoms with Gasteiger partial charge in [-0.2, -0.15) is 0 Å². The summed E-state index contributed by atoms with van der Waals surface area (Å²) in [4.78, 5) is 0. The van der Waals surface area contributed by atoms with E-state index in [1.807, 2.05) is 0 Å². The monoisotopic (exact) mass is 662 g/mol. The number of nitrogens with zero attached hydrogens (tertiary/aromatic N) is 2. The minimum atomic E-state index is -0.518. The van der Waals surface area contributed by atoms with Crippen molar-refractivity contribution in [1.82, 2.24) is 0 Å². The van der Waals surface area contributed by atoms with Crippen LogP contribution >= 0.6 is 0 Å². The minimum absolute atomic E-state index is 0.0731. The number of benzene rings is 7. The van der Waals surface area contributed by atoms with E-state index in [1.165, 1.54) is 78.3 Å². The molecule has 2 heteroatoms. The Hall–Kier alpha value is -6.38. The fourth-order valence-electron chi connectivity index (χ4n) is 11.0. The van der Waals surface area contributed by atoms with Gasteiger partial charge in [-0.3, -0.25) is 10.0 Å². The molecular formula is C50H34N2. The lowest BCUT2D eigenvalue weighted by molar-refractivity contribution is 0.371. The molecule has 52 heavy (non-hydrogen) atoms. The second-order valence-electron chi connectivity index (χ2n) is 14.8. The van der Waals surface area contributed by atoms with Crippen molar-refractivity contribution in [2.45, 2.75) is 16.9 Å². The van der Waals surface area contributed by atoms with Gasteiger partial charge in [-0.25, -0.2) is 0 Å². The molecule has 7 aromatic carbocycles. The van der Waals surface area contributed by atoms with Crippen molar-refractivity contribution in [3.05, 3.63) is 239 Å². The van der Waals surface area contributed by atoms with Crippen LogP contribution < -0.4 is 10.0 Å². The Labute approximate surface area is 304 Å². The number of anilines is 3. The van der Waals surface area contributed by atoms with Gasteiger partial charge in [0.2, 0.25) is 0 Å². The van der Waals surface area contributed by atoms with Crippen LogP contribution in [0.2, 0.25) is 0 Å². The first-order chi connectivity index (χ1) is 25.8. The fourth-order valence-corrected chi connectivity index (χ4v) is 11.0. The van der Waals surface area contributed by atoms with Crippen LogP contribution in [0.3, 0.4) is 0 Å². The normalized spacial score (nSPS) is 19.8. The highest BCUT2D eigenvalue weighted by Crippen LogP contribution is 2.69. The summed E-state index contributed by atoms with van der Waals surface area (Å²) >= 11 is 0. The number of para-hydroxylation sites is 3. The van der Waals surface area contributed by atoms with Gasteiger partial charge in [-0.1, -0.05) is 194 Å². The summed E-state index contributed by atoms with van der Waals surface area (Å²) in [7, 11) is 0. The third kappa shape index (κ3) is 3.19. The molecule has 4 aliphatic heterocycles. The van der Waals surface area contributed by atoms with E-state index in [4.69, 9.17) is 0 Å². The molecule has 2 nitrogen and oxygen atoms in total. The van der Waals surface area contributed by atoms with E-state index in [-0.39, 0.29) is 12.0 Å². The predicted molar refractivity (Wildman–Crippen MR) is 212 cm³/mol. The van der Waals surface area contributed by atoms with Crippen LogP contribution in [0.15, 0.2) is 194 Å². The van der Waals surface area contributed by atoms with Gasteiger partial charge < -0.3 is 0 Å². The summed E-state index contributed by atoms with van der Waals surface area (Å²) in [6.07, 6.45) is 7.25. The van der Waals surface area contributed by atoms with Gasteiger partial charge in [-0.15, -0.1) is 0 Å². The molecule has 244 valence electrons. The van der Waals surface area contributed by atoms with Crippen LogP contribution in [0.4, 0.5) is 17.1 Å². The highest BCUT2D eigenvalue weighted by Gasteiger charge is 2.61. The summed E-state index contributed by atoms with van der Waals surface area (Å²) in [5, 5.41) is 5.37. The van der Waals surface area contributed by atoms with Crippen molar-refractivity contribution >= 4 is 22.6 Å². The average molecular weight is 663 g/mol. The molecule has 2 atom stereocenters. The van der Waals surface area contributed by atoms with E-state index in [2.05, 4.69) is 204 Å². The van der Waals surface area contributed by atoms with E-state index in [9.17, 15) is 0 Å². The molecule has 0 aromatic heterocycles. The molecule has 0 amide bonds. The molecule has 4 heterocycles. The van der Waals surface area contributed by atoms with E-state index >= 15 is 0 Å². The molecule has 2 unspecified atom stereocenters. The second kappa shape index (κ2) is 10.1. The first-order valence-electron chi connectivity index (χ1n) is 18.5. The molecule has 0 radical (unpaired) electrons. The summed E-state index contributed by atoms with van der Waals surface area (Å²) in [6, 6.07) is 66.3. The zero-order valence-corrected chi connectivity index (χ0v) is 28.5. The standard InChI is InChI=1S/C50H34N2/c1-5-17-33(18-6-1)49(34-19-7-2-8-20-34)41-29-13-25-37-39-27-15-31-43-47(39)52-48-40(38-26-14-30-42(49)46(38)51(52)45(37)41)28-16-32-44(48)50(43,35-21-9-3-10-22-35)36-23-11-4-12-24-36/h1-32,41,45H. The largest absolute Gasteiger partial charge is 0.272 e. The summed E-state index contributed by atoms with van der Waals surface area (Å²) in [5.41, 5.74) is 17.5. The fraction of sp³-hybridized carbons (Fsp3) is 0.0800. The number of fused-ring (bicyclic) bond motifs is 2. The molecule has 0 fully saturated rings. The minimum Gasteiger partial charge on any atom is -0.272 e. The first-order valence-corrected chi connectivity index (χ1v) is 18.5.